The summed E-state index contributed by atoms with van der Waals surface area (Å²) in [5.41, 5.74) is 2.26. The number of aromatic nitrogens is 2. The van der Waals surface area contributed by atoms with E-state index in [1.54, 1.807) is 6.20 Å². The summed E-state index contributed by atoms with van der Waals surface area (Å²) in [5.74, 6) is 0.0425. The average Bonchev–Trinajstić information content (AvgIpc) is 3.06. The van der Waals surface area contributed by atoms with Gasteiger partial charge in [-0.3, -0.25) is 9.48 Å². The van der Waals surface area contributed by atoms with Crippen LogP contribution in [0.3, 0.4) is 0 Å². The number of carbonyl (C=O) groups excluding carboxylic acids is 1. The normalized spacial score (nSPS) is 18.1. The van der Waals surface area contributed by atoms with Crippen LogP contribution < -0.4 is 10.6 Å². The van der Waals surface area contributed by atoms with Crippen LogP contribution >= 0.6 is 0 Å². The molecule has 0 spiro atoms. The first-order chi connectivity index (χ1) is 9.72. The van der Waals surface area contributed by atoms with Gasteiger partial charge in [-0.05, 0) is 24.6 Å². The monoisotopic (exact) mass is 270 g/mol. The van der Waals surface area contributed by atoms with Gasteiger partial charge < -0.3 is 10.6 Å². The lowest BCUT2D eigenvalue weighted by Gasteiger charge is -2.17. The number of rotatable bonds is 4. The van der Waals surface area contributed by atoms with Crippen LogP contribution in [0.2, 0.25) is 0 Å². The third-order valence-electron chi connectivity index (χ3n) is 3.50. The highest BCUT2D eigenvalue weighted by atomic mass is 16.2. The van der Waals surface area contributed by atoms with Crippen LogP contribution in [-0.2, 0) is 17.8 Å². The highest BCUT2D eigenvalue weighted by molar-refractivity contribution is 5.87. The maximum atomic E-state index is 12.2. The zero-order valence-electron chi connectivity index (χ0n) is 11.4. The van der Waals surface area contributed by atoms with Crippen LogP contribution in [0.4, 0.5) is 5.69 Å². The molecule has 5 nitrogen and oxygen atoms in total. The van der Waals surface area contributed by atoms with Crippen molar-refractivity contribution in [2.45, 2.75) is 32.0 Å². The van der Waals surface area contributed by atoms with E-state index in [2.05, 4.69) is 21.8 Å². The molecule has 0 aliphatic carbocycles. The molecular formula is C15H18N4O. The van der Waals surface area contributed by atoms with E-state index >= 15 is 0 Å². The van der Waals surface area contributed by atoms with Crippen LogP contribution in [0.5, 0.6) is 0 Å². The van der Waals surface area contributed by atoms with Gasteiger partial charge in [0.05, 0.1) is 6.54 Å². The molecule has 1 aromatic carbocycles. The number of hydrogen-bond acceptors (Lipinski definition) is 3. The van der Waals surface area contributed by atoms with Gasteiger partial charge in [-0.15, -0.1) is 0 Å². The minimum Gasteiger partial charge on any atom is -0.373 e. The standard InChI is InChI=1S/C15H18N4O/c1-11(10-19-8-4-7-16-19)17-15(20)14-9-12-5-2-3-6-13(12)18-14/h2-8,11,14,18H,9-10H2,1H3,(H,17,20). The number of fused-ring (bicyclic) bond motifs is 1. The van der Waals surface area contributed by atoms with Crippen LogP contribution in [0.1, 0.15) is 12.5 Å². The summed E-state index contributed by atoms with van der Waals surface area (Å²) in [6.07, 6.45) is 4.38. The number of nitrogens with one attached hydrogen (secondary N) is 2. The van der Waals surface area contributed by atoms with Crippen molar-refractivity contribution in [2.75, 3.05) is 5.32 Å². The number of nitrogens with zero attached hydrogens (tertiary/aromatic N) is 2. The topological polar surface area (TPSA) is 59.0 Å². The van der Waals surface area contributed by atoms with E-state index < -0.39 is 0 Å². The summed E-state index contributed by atoms with van der Waals surface area (Å²) in [6.45, 7) is 2.67. The summed E-state index contributed by atoms with van der Waals surface area (Å²) < 4.78 is 1.82. The number of anilines is 1. The Morgan fingerprint density at radius 2 is 2.35 bits per heavy atom. The van der Waals surface area contributed by atoms with E-state index in [1.807, 2.05) is 42.1 Å². The van der Waals surface area contributed by atoms with Crippen LogP contribution in [0.15, 0.2) is 42.7 Å². The summed E-state index contributed by atoms with van der Waals surface area (Å²) in [6, 6.07) is 9.80. The highest BCUT2D eigenvalue weighted by Crippen LogP contribution is 2.25. The second-order valence-corrected chi connectivity index (χ2v) is 5.20. The molecule has 20 heavy (non-hydrogen) atoms. The van der Waals surface area contributed by atoms with Crippen molar-refractivity contribution in [1.29, 1.82) is 0 Å². The largest absolute Gasteiger partial charge is 0.373 e. The van der Waals surface area contributed by atoms with Crippen molar-refractivity contribution in [3.8, 4) is 0 Å². The number of carbonyl (C=O) groups is 1. The predicted molar refractivity (Wildman–Crippen MR) is 77.4 cm³/mol. The van der Waals surface area contributed by atoms with Crippen molar-refractivity contribution < 1.29 is 4.79 Å². The Kier molecular flexibility index (Phi) is 3.41. The molecule has 0 fully saturated rings. The van der Waals surface area contributed by atoms with Crippen molar-refractivity contribution in [3.05, 3.63) is 48.3 Å². The minimum absolute atomic E-state index is 0.0425. The van der Waals surface area contributed by atoms with Gasteiger partial charge >= 0.3 is 0 Å². The molecule has 0 bridgehead atoms. The number of amides is 1. The van der Waals surface area contributed by atoms with Gasteiger partial charge in [0.2, 0.25) is 5.91 Å². The highest BCUT2D eigenvalue weighted by Gasteiger charge is 2.26. The first kappa shape index (κ1) is 12.7. The lowest BCUT2D eigenvalue weighted by molar-refractivity contribution is -0.122. The third-order valence-corrected chi connectivity index (χ3v) is 3.50. The first-order valence-electron chi connectivity index (χ1n) is 6.84. The molecule has 104 valence electrons. The molecule has 0 radical (unpaired) electrons. The Morgan fingerprint density at radius 3 is 3.10 bits per heavy atom. The Bertz CT molecular complexity index is 569. The average molecular weight is 270 g/mol. The Balaban J connectivity index is 1.56. The molecule has 0 saturated carbocycles. The predicted octanol–water partition coefficient (Wildman–Crippen LogP) is 1.42. The van der Waals surface area contributed by atoms with E-state index in [4.69, 9.17) is 0 Å². The fraction of sp³-hybridized carbons (Fsp3) is 0.333. The van der Waals surface area contributed by atoms with Crippen molar-refractivity contribution in [2.24, 2.45) is 0 Å². The fourth-order valence-corrected chi connectivity index (χ4v) is 2.53. The molecule has 5 heteroatoms. The molecule has 3 rings (SSSR count). The van der Waals surface area contributed by atoms with Crippen molar-refractivity contribution in [1.82, 2.24) is 15.1 Å². The SMILES string of the molecule is CC(Cn1cccn1)NC(=O)C1Cc2ccccc2N1. The number of hydrogen-bond donors (Lipinski definition) is 2. The summed E-state index contributed by atoms with van der Waals surface area (Å²) in [4.78, 5) is 12.2. The summed E-state index contributed by atoms with van der Waals surface area (Å²) in [7, 11) is 0. The Labute approximate surface area is 118 Å². The molecule has 2 aromatic rings. The zero-order valence-corrected chi connectivity index (χ0v) is 11.4. The van der Waals surface area contributed by atoms with Gasteiger partial charge in [-0.2, -0.15) is 5.10 Å². The molecule has 2 atom stereocenters. The van der Waals surface area contributed by atoms with Gasteiger partial charge in [0.25, 0.3) is 0 Å². The molecule has 2 unspecified atom stereocenters. The molecule has 1 amide bonds. The third kappa shape index (κ3) is 2.66. The minimum atomic E-state index is -0.174. The van der Waals surface area contributed by atoms with Gasteiger partial charge in [-0.25, -0.2) is 0 Å². The van der Waals surface area contributed by atoms with Gasteiger partial charge in [-0.1, -0.05) is 18.2 Å². The molecule has 1 aromatic heterocycles. The van der Waals surface area contributed by atoms with Crippen molar-refractivity contribution in [3.63, 3.8) is 0 Å². The lowest BCUT2D eigenvalue weighted by atomic mass is 10.1. The second kappa shape index (κ2) is 5.36. The van der Waals surface area contributed by atoms with Gasteiger partial charge in [0, 0.05) is 30.5 Å². The van der Waals surface area contributed by atoms with Gasteiger partial charge in [0.15, 0.2) is 0 Å². The van der Waals surface area contributed by atoms with Crippen LogP contribution in [0.25, 0.3) is 0 Å². The first-order valence-corrected chi connectivity index (χ1v) is 6.84. The van der Waals surface area contributed by atoms with E-state index in [9.17, 15) is 4.79 Å². The molecular weight excluding hydrogens is 252 g/mol. The smallest absolute Gasteiger partial charge is 0.243 e. The maximum Gasteiger partial charge on any atom is 0.243 e. The quantitative estimate of drug-likeness (QED) is 0.883. The number of para-hydroxylation sites is 1. The van der Waals surface area contributed by atoms with E-state index in [-0.39, 0.29) is 18.0 Å². The van der Waals surface area contributed by atoms with Crippen LogP contribution in [-0.4, -0.2) is 27.8 Å². The Morgan fingerprint density at radius 1 is 1.50 bits per heavy atom. The molecule has 1 aliphatic rings. The summed E-state index contributed by atoms with van der Waals surface area (Å²) in [5, 5.41) is 10.4. The second-order valence-electron chi connectivity index (χ2n) is 5.20. The lowest BCUT2D eigenvalue weighted by Crippen LogP contribution is -2.44. The fourth-order valence-electron chi connectivity index (χ4n) is 2.53. The molecule has 1 aliphatic heterocycles. The van der Waals surface area contributed by atoms with E-state index in [1.165, 1.54) is 5.56 Å². The van der Waals surface area contributed by atoms with Gasteiger partial charge in [0.1, 0.15) is 6.04 Å². The Hall–Kier alpha value is -2.30. The molecule has 2 heterocycles. The van der Waals surface area contributed by atoms with Crippen molar-refractivity contribution >= 4 is 11.6 Å². The van der Waals surface area contributed by atoms with E-state index in [0.717, 1.165) is 12.1 Å². The maximum absolute atomic E-state index is 12.2. The summed E-state index contributed by atoms with van der Waals surface area (Å²) >= 11 is 0. The van der Waals surface area contributed by atoms with Crippen LogP contribution in [0, 0.1) is 0 Å². The zero-order chi connectivity index (χ0) is 13.9. The molecule has 2 N–H and O–H groups in total. The molecule has 0 saturated heterocycles. The number of benzene rings is 1. The van der Waals surface area contributed by atoms with E-state index in [0.29, 0.717) is 6.54 Å².